The molecule has 4 nitrogen and oxygen atoms in total. The van der Waals surface area contributed by atoms with Gasteiger partial charge in [-0.25, -0.2) is 0 Å². The summed E-state index contributed by atoms with van der Waals surface area (Å²) in [6.07, 6.45) is 9.22. The first-order valence-electron chi connectivity index (χ1n) is 11.7. The summed E-state index contributed by atoms with van der Waals surface area (Å²) in [5.41, 5.74) is 2.96. The average Bonchev–Trinajstić information content (AvgIpc) is 3.05. The highest BCUT2D eigenvalue weighted by Crippen LogP contribution is 2.59. The number of carbonyl (C=O) groups excluding carboxylic acids is 1. The van der Waals surface area contributed by atoms with Gasteiger partial charge in [0, 0.05) is 18.9 Å². The molecular formula is C26H38O4. The van der Waals surface area contributed by atoms with E-state index in [4.69, 9.17) is 14.2 Å². The van der Waals surface area contributed by atoms with Gasteiger partial charge in [-0.3, -0.25) is 4.79 Å². The molecule has 0 saturated heterocycles. The fourth-order valence-corrected chi connectivity index (χ4v) is 5.88. The Morgan fingerprint density at radius 2 is 2.00 bits per heavy atom. The molecule has 0 N–H and O–H groups in total. The molecule has 0 heterocycles. The lowest BCUT2D eigenvalue weighted by Crippen LogP contribution is -2.46. The smallest absolute Gasteiger partial charge is 0.308 e. The van der Waals surface area contributed by atoms with Crippen LogP contribution in [0.15, 0.2) is 30.4 Å². The molecule has 3 aliphatic rings. The van der Waals surface area contributed by atoms with E-state index in [1.807, 2.05) is 33.8 Å². The molecular weight excluding hydrogens is 376 g/mol. The molecule has 30 heavy (non-hydrogen) atoms. The van der Waals surface area contributed by atoms with Crippen molar-refractivity contribution in [1.82, 2.24) is 0 Å². The van der Waals surface area contributed by atoms with Gasteiger partial charge >= 0.3 is 5.97 Å². The molecule has 6 atom stereocenters. The van der Waals surface area contributed by atoms with Crippen LogP contribution in [-0.4, -0.2) is 25.0 Å². The van der Waals surface area contributed by atoms with Gasteiger partial charge in [-0.2, -0.15) is 0 Å². The van der Waals surface area contributed by atoms with Crippen LogP contribution in [0.5, 0.6) is 5.75 Å². The van der Waals surface area contributed by atoms with Crippen LogP contribution in [0.3, 0.4) is 0 Å². The van der Waals surface area contributed by atoms with E-state index in [2.05, 4.69) is 31.2 Å². The van der Waals surface area contributed by atoms with Crippen LogP contribution in [0.2, 0.25) is 0 Å². The Morgan fingerprint density at radius 1 is 1.23 bits per heavy atom. The van der Waals surface area contributed by atoms with Gasteiger partial charge in [-0.15, -0.1) is 0 Å². The maximum atomic E-state index is 11.3. The van der Waals surface area contributed by atoms with E-state index >= 15 is 0 Å². The predicted octanol–water partition coefficient (Wildman–Crippen LogP) is 6.04. The van der Waals surface area contributed by atoms with Crippen LogP contribution >= 0.6 is 0 Å². The summed E-state index contributed by atoms with van der Waals surface area (Å²) >= 11 is 0. The van der Waals surface area contributed by atoms with Gasteiger partial charge in [0.25, 0.3) is 0 Å². The molecule has 1 saturated carbocycles. The van der Waals surface area contributed by atoms with Crippen molar-refractivity contribution in [3.63, 3.8) is 0 Å². The molecule has 4 heteroatoms. The third-order valence-corrected chi connectivity index (χ3v) is 7.14. The zero-order chi connectivity index (χ0) is 21.9. The second-order valence-electron chi connectivity index (χ2n) is 8.80. The summed E-state index contributed by atoms with van der Waals surface area (Å²) in [6.45, 7) is 12.5. The highest BCUT2D eigenvalue weighted by Gasteiger charge is 2.53. The molecule has 4 rings (SSSR count). The first-order chi connectivity index (χ1) is 14.4. The first kappa shape index (κ1) is 23.0. The van der Waals surface area contributed by atoms with Crippen molar-refractivity contribution in [1.29, 1.82) is 0 Å². The van der Waals surface area contributed by atoms with Crippen molar-refractivity contribution >= 4 is 5.97 Å². The molecule has 0 aliphatic heterocycles. The van der Waals surface area contributed by atoms with E-state index in [-0.39, 0.29) is 23.8 Å². The second-order valence-corrected chi connectivity index (χ2v) is 8.80. The Bertz CT molecular complexity index is 770. The van der Waals surface area contributed by atoms with E-state index in [9.17, 15) is 4.79 Å². The molecule has 0 bridgehead atoms. The lowest BCUT2D eigenvalue weighted by atomic mass is 9.55. The van der Waals surface area contributed by atoms with Crippen molar-refractivity contribution in [2.24, 2.45) is 17.3 Å². The number of esters is 1. The number of hydrogen-bond donors (Lipinski definition) is 0. The summed E-state index contributed by atoms with van der Waals surface area (Å²) in [4.78, 5) is 11.3. The Labute approximate surface area is 182 Å². The number of aryl methyl sites for hydroxylation is 1. The van der Waals surface area contributed by atoms with Crippen molar-refractivity contribution in [3.05, 3.63) is 41.5 Å². The van der Waals surface area contributed by atoms with Crippen molar-refractivity contribution in [2.45, 2.75) is 85.5 Å². The quantitative estimate of drug-likeness (QED) is 0.255. The monoisotopic (exact) mass is 414 g/mol. The fourth-order valence-electron chi connectivity index (χ4n) is 5.88. The lowest BCUT2D eigenvalue weighted by molar-refractivity contribution is -0.179. The number of rotatable bonds is 5. The topological polar surface area (TPSA) is 44.8 Å². The first-order valence-corrected chi connectivity index (χ1v) is 11.7. The number of fused-ring (bicyclic) bond motifs is 5. The van der Waals surface area contributed by atoms with Gasteiger partial charge in [0.05, 0.1) is 6.10 Å². The number of hydrogen-bond acceptors (Lipinski definition) is 4. The summed E-state index contributed by atoms with van der Waals surface area (Å²) in [6, 6.07) is 6.22. The maximum Gasteiger partial charge on any atom is 0.308 e. The van der Waals surface area contributed by atoms with Crippen molar-refractivity contribution in [2.75, 3.05) is 6.61 Å². The highest BCUT2D eigenvalue weighted by molar-refractivity contribution is 5.69. The second kappa shape index (κ2) is 9.65. The van der Waals surface area contributed by atoms with Crippen LogP contribution in [0.4, 0.5) is 0 Å². The SMILES string of the molecule is CC.CCOC(C)OC1C=CC2C3CCc4cc(OC(C)=O)ccc4C3CCC12C. The number of benzene rings is 1. The Hall–Kier alpha value is -1.65. The molecule has 6 unspecified atom stereocenters. The molecule has 3 aliphatic carbocycles. The minimum Gasteiger partial charge on any atom is -0.427 e. The number of ether oxygens (including phenoxy) is 3. The zero-order valence-corrected chi connectivity index (χ0v) is 19.4. The van der Waals surface area contributed by atoms with E-state index in [1.165, 1.54) is 30.9 Å². The van der Waals surface area contributed by atoms with Gasteiger partial charge in [0.1, 0.15) is 5.75 Å². The molecule has 166 valence electrons. The minimum absolute atomic E-state index is 0.132. The maximum absolute atomic E-state index is 11.3. The normalized spacial score (nSPS) is 32.2. The molecule has 1 aromatic carbocycles. The Balaban J connectivity index is 0.00000124. The van der Waals surface area contributed by atoms with E-state index in [0.717, 1.165) is 12.8 Å². The average molecular weight is 415 g/mol. The number of carbonyl (C=O) groups is 1. The van der Waals surface area contributed by atoms with Crippen LogP contribution < -0.4 is 4.74 Å². The Morgan fingerprint density at radius 3 is 2.70 bits per heavy atom. The van der Waals surface area contributed by atoms with Gasteiger partial charge in [0.2, 0.25) is 0 Å². The highest BCUT2D eigenvalue weighted by atomic mass is 16.7. The van der Waals surface area contributed by atoms with Crippen LogP contribution in [0.25, 0.3) is 0 Å². The number of allylic oxidation sites excluding steroid dienone is 1. The van der Waals surface area contributed by atoms with E-state index in [0.29, 0.717) is 30.1 Å². The summed E-state index contributed by atoms with van der Waals surface area (Å²) in [5.74, 6) is 2.19. The standard InChI is InChI=1S/C24H32O4.C2H6/c1-5-26-16(3)28-23-11-10-22-21-8-6-17-14-18(27-15(2)25)7-9-19(17)20(21)12-13-24(22,23)4;1-2/h7,9-11,14,16,20-23H,5-6,8,12-13H2,1-4H3;1-2H3. The summed E-state index contributed by atoms with van der Waals surface area (Å²) < 4.78 is 17.2. The largest absolute Gasteiger partial charge is 0.427 e. The predicted molar refractivity (Wildman–Crippen MR) is 120 cm³/mol. The molecule has 0 aromatic heterocycles. The summed E-state index contributed by atoms with van der Waals surface area (Å²) in [7, 11) is 0. The fraction of sp³-hybridized carbons (Fsp3) is 0.654. The van der Waals surface area contributed by atoms with Gasteiger partial charge in [-0.05, 0) is 80.5 Å². The van der Waals surface area contributed by atoms with Crippen LogP contribution in [0, 0.1) is 17.3 Å². The molecule has 0 spiro atoms. The van der Waals surface area contributed by atoms with Crippen LogP contribution in [-0.2, 0) is 20.7 Å². The van der Waals surface area contributed by atoms with Gasteiger partial charge in [-0.1, -0.05) is 39.0 Å². The summed E-state index contributed by atoms with van der Waals surface area (Å²) in [5, 5.41) is 0. The molecule has 0 amide bonds. The van der Waals surface area contributed by atoms with Gasteiger partial charge < -0.3 is 14.2 Å². The molecule has 1 fully saturated rings. The molecule has 1 aromatic rings. The van der Waals surface area contributed by atoms with Crippen molar-refractivity contribution in [3.8, 4) is 5.75 Å². The molecule has 0 radical (unpaired) electrons. The zero-order valence-electron chi connectivity index (χ0n) is 19.4. The van der Waals surface area contributed by atoms with Gasteiger partial charge in [0.15, 0.2) is 6.29 Å². The Kier molecular flexibility index (Phi) is 7.41. The minimum atomic E-state index is -0.259. The van der Waals surface area contributed by atoms with E-state index in [1.54, 1.807) is 0 Å². The third-order valence-electron chi connectivity index (χ3n) is 7.14. The van der Waals surface area contributed by atoms with Crippen LogP contribution in [0.1, 0.15) is 77.8 Å². The van der Waals surface area contributed by atoms with E-state index < -0.39 is 0 Å². The lowest BCUT2D eigenvalue weighted by Gasteiger charge is -2.50. The van der Waals surface area contributed by atoms with Crippen molar-refractivity contribution < 1.29 is 19.0 Å². The third kappa shape index (κ3) is 4.36.